The lowest BCUT2D eigenvalue weighted by molar-refractivity contribution is 0.673. The molecule has 2 heterocycles. The minimum Gasteiger partial charge on any atom is -0.455 e. The van der Waals surface area contributed by atoms with E-state index in [0.717, 1.165) is 66.8 Å². The molecule has 0 saturated heterocycles. The molecule has 0 aliphatic heterocycles. The highest BCUT2D eigenvalue weighted by Crippen LogP contribution is 2.44. The predicted molar refractivity (Wildman–Crippen MR) is 249 cm³/mol. The highest BCUT2D eigenvalue weighted by atomic mass is 16.3. The SMILES string of the molecule is c1cc(-c2ccc(N(c3ccc4ccccc4c3)c3ccccc3-c3ccc4c(c3)oc3c5ccccc5ccc43)cc2)cc(-n2c3ccccc3c3ccccc32)c1. The number of benzene rings is 10. The van der Waals surface area contributed by atoms with Crippen molar-refractivity contribution >= 4 is 82.4 Å². The lowest BCUT2D eigenvalue weighted by Crippen LogP contribution is -2.11. The van der Waals surface area contributed by atoms with Crippen LogP contribution in [0.3, 0.4) is 0 Å². The van der Waals surface area contributed by atoms with Crippen LogP contribution in [0.5, 0.6) is 0 Å². The second-order valence-corrected chi connectivity index (χ2v) is 15.3. The van der Waals surface area contributed by atoms with E-state index in [1.54, 1.807) is 0 Å². The predicted octanol–water partition coefficient (Wildman–Crippen LogP) is 15.8. The molecule has 12 aromatic rings. The van der Waals surface area contributed by atoms with Crippen molar-refractivity contribution < 1.29 is 4.42 Å². The molecule has 0 aliphatic carbocycles. The van der Waals surface area contributed by atoms with Crippen LogP contribution in [0.4, 0.5) is 17.1 Å². The average Bonchev–Trinajstić information content (AvgIpc) is 3.85. The topological polar surface area (TPSA) is 21.3 Å². The smallest absolute Gasteiger partial charge is 0.143 e. The van der Waals surface area contributed by atoms with Gasteiger partial charge < -0.3 is 13.9 Å². The number of aromatic nitrogens is 1. The Bertz CT molecular complexity index is 3520. The maximum Gasteiger partial charge on any atom is 0.143 e. The van der Waals surface area contributed by atoms with Crippen LogP contribution in [0.25, 0.3) is 93.2 Å². The molecule has 276 valence electrons. The van der Waals surface area contributed by atoms with Crippen LogP contribution in [0.2, 0.25) is 0 Å². The van der Waals surface area contributed by atoms with Crippen molar-refractivity contribution in [1.29, 1.82) is 0 Å². The minimum absolute atomic E-state index is 0.883. The Kier molecular flexibility index (Phi) is 7.54. The van der Waals surface area contributed by atoms with Gasteiger partial charge in [0.25, 0.3) is 0 Å². The van der Waals surface area contributed by atoms with Gasteiger partial charge >= 0.3 is 0 Å². The Morgan fingerprint density at radius 1 is 0.356 bits per heavy atom. The molecule has 0 spiro atoms. The maximum atomic E-state index is 6.66. The van der Waals surface area contributed by atoms with E-state index in [1.165, 1.54) is 43.5 Å². The lowest BCUT2D eigenvalue weighted by Gasteiger charge is -2.28. The summed E-state index contributed by atoms with van der Waals surface area (Å²) in [6.45, 7) is 0. The Morgan fingerprint density at radius 3 is 1.80 bits per heavy atom. The van der Waals surface area contributed by atoms with E-state index in [-0.39, 0.29) is 0 Å². The quantitative estimate of drug-likeness (QED) is 0.169. The number of nitrogens with zero attached hydrogens (tertiary/aromatic N) is 2. The van der Waals surface area contributed by atoms with Gasteiger partial charge in [0.2, 0.25) is 0 Å². The first-order valence-corrected chi connectivity index (χ1v) is 20.2. The van der Waals surface area contributed by atoms with Gasteiger partial charge in [0.05, 0.1) is 16.7 Å². The normalized spacial score (nSPS) is 11.7. The standard InChI is InChI=1S/C56H36N2O/c1-2-14-40-35-45(31-26-37(40)12-1)57(52-21-8-5-17-46(52)42-28-32-50-51-33-27-39-13-3-4-18-47(39)56(51)59-55(50)36-42)43-29-24-38(25-30-43)41-15-11-16-44(34-41)58-53-22-9-6-19-48(53)49-20-7-10-23-54(49)58/h1-36H. The Balaban J connectivity index is 0.979. The zero-order chi connectivity index (χ0) is 38.9. The number of rotatable bonds is 6. The summed E-state index contributed by atoms with van der Waals surface area (Å²) in [7, 11) is 0. The number of hydrogen-bond acceptors (Lipinski definition) is 2. The van der Waals surface area contributed by atoms with Crippen molar-refractivity contribution in [2.24, 2.45) is 0 Å². The van der Waals surface area contributed by atoms with Gasteiger partial charge in [0.1, 0.15) is 11.2 Å². The zero-order valence-corrected chi connectivity index (χ0v) is 32.1. The van der Waals surface area contributed by atoms with E-state index in [0.29, 0.717) is 0 Å². The number of anilines is 3. The van der Waals surface area contributed by atoms with Crippen LogP contribution in [0.15, 0.2) is 223 Å². The molecule has 0 aliphatic rings. The Labute approximate surface area is 341 Å². The number of fused-ring (bicyclic) bond motifs is 9. The van der Waals surface area contributed by atoms with E-state index in [1.807, 2.05) is 0 Å². The van der Waals surface area contributed by atoms with Crippen LogP contribution in [0.1, 0.15) is 0 Å². The Hall–Kier alpha value is -7.88. The molecular weight excluding hydrogens is 717 g/mol. The van der Waals surface area contributed by atoms with Crippen LogP contribution in [0, 0.1) is 0 Å². The van der Waals surface area contributed by atoms with Crippen LogP contribution < -0.4 is 4.90 Å². The highest BCUT2D eigenvalue weighted by molar-refractivity contribution is 6.15. The van der Waals surface area contributed by atoms with Crippen molar-refractivity contribution in [3.8, 4) is 27.9 Å². The van der Waals surface area contributed by atoms with E-state index in [2.05, 4.69) is 228 Å². The molecule has 0 amide bonds. The third-order valence-corrected chi connectivity index (χ3v) is 12.0. The van der Waals surface area contributed by atoms with Crippen molar-refractivity contribution in [3.63, 3.8) is 0 Å². The van der Waals surface area contributed by atoms with Gasteiger partial charge in [-0.25, -0.2) is 0 Å². The second-order valence-electron chi connectivity index (χ2n) is 15.3. The molecule has 0 N–H and O–H groups in total. The van der Waals surface area contributed by atoms with Gasteiger partial charge in [0, 0.05) is 49.6 Å². The first-order chi connectivity index (χ1) is 29.2. The van der Waals surface area contributed by atoms with Gasteiger partial charge in [-0.2, -0.15) is 0 Å². The summed E-state index contributed by atoms with van der Waals surface area (Å²) in [6.07, 6.45) is 0. The van der Waals surface area contributed by atoms with Crippen molar-refractivity contribution in [2.45, 2.75) is 0 Å². The maximum absolute atomic E-state index is 6.66. The van der Waals surface area contributed by atoms with Crippen molar-refractivity contribution in [2.75, 3.05) is 4.90 Å². The van der Waals surface area contributed by atoms with E-state index >= 15 is 0 Å². The molecule has 59 heavy (non-hydrogen) atoms. The van der Waals surface area contributed by atoms with Gasteiger partial charge in [-0.3, -0.25) is 0 Å². The van der Waals surface area contributed by atoms with Crippen LogP contribution in [-0.2, 0) is 0 Å². The molecule has 0 radical (unpaired) electrons. The number of para-hydroxylation sites is 3. The molecule has 0 fully saturated rings. The van der Waals surface area contributed by atoms with Crippen LogP contribution >= 0.6 is 0 Å². The molecule has 12 rings (SSSR count). The minimum atomic E-state index is 0.883. The first-order valence-electron chi connectivity index (χ1n) is 20.2. The largest absolute Gasteiger partial charge is 0.455 e. The number of hydrogen-bond donors (Lipinski definition) is 0. The van der Waals surface area contributed by atoms with Crippen molar-refractivity contribution in [1.82, 2.24) is 4.57 Å². The summed E-state index contributed by atoms with van der Waals surface area (Å²) in [6, 6.07) is 78.7. The third kappa shape index (κ3) is 5.44. The third-order valence-electron chi connectivity index (χ3n) is 12.0. The summed E-state index contributed by atoms with van der Waals surface area (Å²) in [5.74, 6) is 0. The Morgan fingerprint density at radius 2 is 0.983 bits per heavy atom. The fourth-order valence-corrected chi connectivity index (χ4v) is 9.16. The molecule has 2 aromatic heterocycles. The first kappa shape index (κ1) is 33.3. The summed E-state index contributed by atoms with van der Waals surface area (Å²) in [5, 5.41) is 9.50. The summed E-state index contributed by atoms with van der Waals surface area (Å²) >= 11 is 0. The average molecular weight is 753 g/mol. The monoisotopic (exact) mass is 752 g/mol. The fraction of sp³-hybridized carbons (Fsp3) is 0. The second kappa shape index (κ2) is 13.4. The van der Waals surface area contributed by atoms with Gasteiger partial charge in [0.15, 0.2) is 0 Å². The molecule has 0 atom stereocenters. The molecule has 0 saturated carbocycles. The molecule has 0 unspecified atom stereocenters. The molecule has 10 aromatic carbocycles. The van der Waals surface area contributed by atoms with Gasteiger partial charge in [-0.15, -0.1) is 0 Å². The lowest BCUT2D eigenvalue weighted by atomic mass is 9.99. The summed E-state index contributed by atoms with van der Waals surface area (Å²) in [5.41, 5.74) is 13.2. The van der Waals surface area contributed by atoms with Gasteiger partial charge in [-0.05, 0) is 106 Å². The van der Waals surface area contributed by atoms with E-state index in [9.17, 15) is 0 Å². The summed E-state index contributed by atoms with van der Waals surface area (Å²) in [4.78, 5) is 2.39. The number of furan rings is 1. The molecule has 3 nitrogen and oxygen atoms in total. The van der Waals surface area contributed by atoms with E-state index in [4.69, 9.17) is 4.42 Å². The zero-order valence-electron chi connectivity index (χ0n) is 32.1. The molecular formula is C56H36N2O. The summed E-state index contributed by atoms with van der Waals surface area (Å²) < 4.78 is 9.04. The molecule has 3 heteroatoms. The fourth-order valence-electron chi connectivity index (χ4n) is 9.16. The van der Waals surface area contributed by atoms with E-state index < -0.39 is 0 Å². The highest BCUT2D eigenvalue weighted by Gasteiger charge is 2.20. The molecule has 0 bridgehead atoms. The van der Waals surface area contributed by atoms with Crippen molar-refractivity contribution in [3.05, 3.63) is 218 Å². The van der Waals surface area contributed by atoms with Crippen LogP contribution in [-0.4, -0.2) is 4.57 Å². The van der Waals surface area contributed by atoms with Gasteiger partial charge in [-0.1, -0.05) is 146 Å².